The van der Waals surface area contributed by atoms with Crippen LogP contribution in [0.1, 0.15) is 59.3 Å². The lowest BCUT2D eigenvalue weighted by Crippen LogP contribution is -2.08. The number of hydrogen-bond acceptors (Lipinski definition) is 1. The molecular weight excluding hydrogens is 160 g/mol. The summed E-state index contributed by atoms with van der Waals surface area (Å²) in [7, 11) is 0. The molecule has 0 aliphatic rings. The molecule has 0 rings (SSSR count). The first-order valence-electron chi connectivity index (χ1n) is 5.92. The van der Waals surface area contributed by atoms with E-state index in [2.05, 4.69) is 20.8 Å². The molecular formula is C12H26O. The van der Waals surface area contributed by atoms with Crippen LogP contribution < -0.4 is 0 Å². The smallest absolute Gasteiger partial charge is 0.0494 e. The van der Waals surface area contributed by atoms with Gasteiger partial charge in [-0.1, -0.05) is 52.9 Å². The van der Waals surface area contributed by atoms with Gasteiger partial charge >= 0.3 is 0 Å². The van der Waals surface area contributed by atoms with E-state index in [1.807, 2.05) is 0 Å². The van der Waals surface area contributed by atoms with Crippen molar-refractivity contribution >= 4 is 0 Å². The van der Waals surface area contributed by atoms with Crippen LogP contribution >= 0.6 is 0 Å². The molecule has 80 valence electrons. The highest BCUT2D eigenvalue weighted by atomic mass is 16.5. The maximum absolute atomic E-state index is 5.62. The van der Waals surface area contributed by atoms with Gasteiger partial charge in [0, 0.05) is 13.2 Å². The van der Waals surface area contributed by atoms with Gasteiger partial charge in [0.05, 0.1) is 0 Å². The molecule has 0 radical (unpaired) electrons. The Bertz CT molecular complexity index is 87.1. The van der Waals surface area contributed by atoms with Crippen molar-refractivity contribution in [3.63, 3.8) is 0 Å². The second-order valence-corrected chi connectivity index (χ2v) is 3.82. The summed E-state index contributed by atoms with van der Waals surface area (Å²) in [6.45, 7) is 8.67. The van der Waals surface area contributed by atoms with Gasteiger partial charge in [0.2, 0.25) is 0 Å². The lowest BCUT2D eigenvalue weighted by Gasteiger charge is -2.12. The molecule has 0 N–H and O–H groups in total. The van der Waals surface area contributed by atoms with Gasteiger partial charge in [-0.15, -0.1) is 0 Å². The van der Waals surface area contributed by atoms with Crippen molar-refractivity contribution < 1.29 is 4.74 Å². The summed E-state index contributed by atoms with van der Waals surface area (Å²) in [6, 6.07) is 0. The quantitative estimate of drug-likeness (QED) is 0.494. The average Bonchev–Trinajstić information content (AvgIpc) is 2.17. The Balaban J connectivity index is 3.05. The van der Waals surface area contributed by atoms with Crippen LogP contribution in [0.25, 0.3) is 0 Å². The molecule has 0 aliphatic heterocycles. The molecule has 0 heterocycles. The van der Waals surface area contributed by atoms with Crippen LogP contribution in [-0.2, 0) is 4.74 Å². The van der Waals surface area contributed by atoms with E-state index >= 15 is 0 Å². The molecule has 0 aromatic heterocycles. The van der Waals surface area contributed by atoms with Crippen LogP contribution in [0.4, 0.5) is 0 Å². The van der Waals surface area contributed by atoms with Crippen molar-refractivity contribution in [1.82, 2.24) is 0 Å². The van der Waals surface area contributed by atoms with E-state index in [0.29, 0.717) is 0 Å². The second-order valence-electron chi connectivity index (χ2n) is 3.82. The lowest BCUT2D eigenvalue weighted by molar-refractivity contribution is 0.0933. The highest BCUT2D eigenvalue weighted by Gasteiger charge is 2.02. The van der Waals surface area contributed by atoms with Crippen LogP contribution in [0.3, 0.4) is 0 Å². The van der Waals surface area contributed by atoms with E-state index in [4.69, 9.17) is 4.74 Å². The summed E-state index contributed by atoms with van der Waals surface area (Å²) < 4.78 is 5.62. The minimum atomic E-state index is 0.783. The number of rotatable bonds is 9. The molecule has 0 aromatic rings. The van der Waals surface area contributed by atoms with Crippen LogP contribution in [0.5, 0.6) is 0 Å². The van der Waals surface area contributed by atoms with Gasteiger partial charge in [0.1, 0.15) is 0 Å². The fraction of sp³-hybridized carbons (Fsp3) is 1.00. The van der Waals surface area contributed by atoms with Gasteiger partial charge in [-0.25, -0.2) is 0 Å². The Morgan fingerprint density at radius 2 is 1.62 bits per heavy atom. The van der Waals surface area contributed by atoms with Gasteiger partial charge in [0.15, 0.2) is 0 Å². The summed E-state index contributed by atoms with van der Waals surface area (Å²) in [4.78, 5) is 0. The molecule has 0 amide bonds. The lowest BCUT2D eigenvalue weighted by atomic mass is 10.1. The van der Waals surface area contributed by atoms with E-state index in [1.165, 1.54) is 38.5 Å². The third-order valence-corrected chi connectivity index (χ3v) is 2.65. The molecule has 0 saturated heterocycles. The largest absolute Gasteiger partial charge is 0.381 e. The first kappa shape index (κ1) is 13.0. The molecule has 0 atom stereocenters. The van der Waals surface area contributed by atoms with E-state index in [0.717, 1.165) is 19.1 Å². The molecule has 0 fully saturated rings. The molecule has 0 spiro atoms. The zero-order valence-corrected chi connectivity index (χ0v) is 9.64. The average molecular weight is 186 g/mol. The fourth-order valence-electron chi connectivity index (χ4n) is 1.41. The number of ether oxygens (including phenoxy) is 1. The van der Waals surface area contributed by atoms with Crippen LogP contribution in [0.2, 0.25) is 0 Å². The van der Waals surface area contributed by atoms with E-state index in [1.54, 1.807) is 0 Å². The van der Waals surface area contributed by atoms with Gasteiger partial charge in [-0.2, -0.15) is 0 Å². The fourth-order valence-corrected chi connectivity index (χ4v) is 1.41. The Kier molecular flexibility index (Phi) is 10.0. The van der Waals surface area contributed by atoms with E-state index in [-0.39, 0.29) is 0 Å². The Labute approximate surface area is 83.9 Å². The third kappa shape index (κ3) is 8.29. The standard InChI is InChI=1S/C12H26O/c1-4-7-8-9-10-13-11-12(5-2)6-3/h12H,4-11H2,1-3H3. The van der Waals surface area contributed by atoms with Gasteiger partial charge in [0.25, 0.3) is 0 Å². The number of hydrogen-bond donors (Lipinski definition) is 0. The van der Waals surface area contributed by atoms with Crippen LogP contribution in [0, 0.1) is 5.92 Å². The highest BCUT2D eigenvalue weighted by Crippen LogP contribution is 2.08. The summed E-state index contributed by atoms with van der Waals surface area (Å²) >= 11 is 0. The van der Waals surface area contributed by atoms with Crippen molar-refractivity contribution in [3.05, 3.63) is 0 Å². The molecule has 0 aliphatic carbocycles. The SMILES string of the molecule is CCCCCCOCC(CC)CC. The molecule has 0 aromatic carbocycles. The van der Waals surface area contributed by atoms with Crippen molar-refractivity contribution in [2.24, 2.45) is 5.92 Å². The van der Waals surface area contributed by atoms with Crippen molar-refractivity contribution in [2.75, 3.05) is 13.2 Å². The van der Waals surface area contributed by atoms with Gasteiger partial charge in [-0.05, 0) is 12.3 Å². The van der Waals surface area contributed by atoms with Crippen molar-refractivity contribution in [3.8, 4) is 0 Å². The molecule has 13 heavy (non-hydrogen) atoms. The maximum Gasteiger partial charge on any atom is 0.0494 e. The minimum absolute atomic E-state index is 0.783. The molecule has 1 heteroatoms. The predicted octanol–water partition coefficient (Wildman–Crippen LogP) is 4.02. The normalized spacial score (nSPS) is 11.1. The zero-order valence-electron chi connectivity index (χ0n) is 9.64. The van der Waals surface area contributed by atoms with Crippen LogP contribution in [0.15, 0.2) is 0 Å². The maximum atomic E-state index is 5.62. The van der Waals surface area contributed by atoms with E-state index < -0.39 is 0 Å². The third-order valence-electron chi connectivity index (χ3n) is 2.65. The Hall–Kier alpha value is -0.0400. The molecule has 1 nitrogen and oxygen atoms in total. The first-order chi connectivity index (χ1) is 6.35. The topological polar surface area (TPSA) is 9.23 Å². The van der Waals surface area contributed by atoms with Gasteiger partial charge < -0.3 is 4.74 Å². The molecule has 0 saturated carbocycles. The van der Waals surface area contributed by atoms with Crippen LogP contribution in [-0.4, -0.2) is 13.2 Å². The molecule has 0 bridgehead atoms. The van der Waals surface area contributed by atoms with Crippen molar-refractivity contribution in [1.29, 1.82) is 0 Å². The Morgan fingerprint density at radius 3 is 2.15 bits per heavy atom. The summed E-state index contributed by atoms with van der Waals surface area (Å²) in [6.07, 6.45) is 7.76. The molecule has 0 unspecified atom stereocenters. The first-order valence-corrected chi connectivity index (χ1v) is 5.92. The summed E-state index contributed by atoms with van der Waals surface area (Å²) in [5, 5.41) is 0. The van der Waals surface area contributed by atoms with Gasteiger partial charge in [-0.3, -0.25) is 0 Å². The predicted molar refractivity (Wildman–Crippen MR) is 59.0 cm³/mol. The Morgan fingerprint density at radius 1 is 0.923 bits per heavy atom. The summed E-state index contributed by atoms with van der Waals surface area (Å²) in [5.41, 5.74) is 0. The van der Waals surface area contributed by atoms with E-state index in [9.17, 15) is 0 Å². The highest BCUT2D eigenvalue weighted by molar-refractivity contribution is 4.52. The minimum Gasteiger partial charge on any atom is -0.381 e. The summed E-state index contributed by atoms with van der Waals surface area (Å²) in [5.74, 6) is 0.783. The zero-order chi connectivity index (χ0) is 9.94. The number of unbranched alkanes of at least 4 members (excludes halogenated alkanes) is 3. The monoisotopic (exact) mass is 186 g/mol. The van der Waals surface area contributed by atoms with Crippen molar-refractivity contribution in [2.45, 2.75) is 59.3 Å². The second kappa shape index (κ2) is 10.0.